The number of nitrogens with zero attached hydrogens (tertiary/aromatic N) is 4. The Balaban J connectivity index is 2.43. The maximum atomic E-state index is 12.6. The van der Waals surface area contributed by atoms with Gasteiger partial charge in [0.15, 0.2) is 5.65 Å². The maximum Gasteiger partial charge on any atom is 0.453 e. The van der Waals surface area contributed by atoms with Gasteiger partial charge in [0.2, 0.25) is 5.28 Å². The summed E-state index contributed by atoms with van der Waals surface area (Å²) in [5.41, 5.74) is 0.461. The molecule has 2 heterocycles. The molecule has 0 fully saturated rings. The molecule has 0 N–H and O–H groups in total. The van der Waals surface area contributed by atoms with E-state index in [4.69, 9.17) is 11.6 Å². The Hall–Kier alpha value is -1.41. The molecule has 3 rings (SSSR count). The van der Waals surface area contributed by atoms with Crippen molar-refractivity contribution >= 4 is 44.1 Å². The molecule has 2 aromatic heterocycles. The van der Waals surface area contributed by atoms with Gasteiger partial charge in [0.05, 0.1) is 5.52 Å². The predicted octanol–water partition coefficient (Wildman–Crippen LogP) is 3.71. The van der Waals surface area contributed by atoms with E-state index in [1.54, 1.807) is 18.2 Å². The first-order valence-corrected chi connectivity index (χ1v) is 6.12. The summed E-state index contributed by atoms with van der Waals surface area (Å²) in [5.74, 6) is -1.24. The molecule has 0 saturated heterocycles. The van der Waals surface area contributed by atoms with Gasteiger partial charge in [0.25, 0.3) is 5.82 Å². The number of rotatable bonds is 0. The highest BCUT2D eigenvalue weighted by molar-refractivity contribution is 9.10. The molecule has 1 aromatic carbocycles. The van der Waals surface area contributed by atoms with E-state index >= 15 is 0 Å². The molecule has 0 aliphatic carbocycles. The standard InChI is InChI=1S/C10H3BrClF3N4/c11-4-1-2-5-6(3-4)16-9(12)19-7(5)17-8(18-19)10(13,14)15/h1-3H. The number of aromatic nitrogens is 4. The summed E-state index contributed by atoms with van der Waals surface area (Å²) in [6.07, 6.45) is -4.63. The summed E-state index contributed by atoms with van der Waals surface area (Å²) in [6, 6.07) is 4.93. The smallest absolute Gasteiger partial charge is 0.218 e. The lowest BCUT2D eigenvalue weighted by Gasteiger charge is -2.01. The van der Waals surface area contributed by atoms with E-state index in [1.165, 1.54) is 0 Å². The third kappa shape index (κ3) is 2.04. The van der Waals surface area contributed by atoms with Gasteiger partial charge < -0.3 is 0 Å². The first-order chi connectivity index (χ1) is 8.86. The third-order valence-corrected chi connectivity index (χ3v) is 3.19. The zero-order valence-electron chi connectivity index (χ0n) is 8.91. The van der Waals surface area contributed by atoms with Crippen molar-refractivity contribution in [2.75, 3.05) is 0 Å². The van der Waals surface area contributed by atoms with Crippen LogP contribution in [0.25, 0.3) is 16.6 Å². The summed E-state index contributed by atoms with van der Waals surface area (Å²) in [5, 5.41) is 3.59. The van der Waals surface area contributed by atoms with Crippen molar-refractivity contribution in [1.29, 1.82) is 0 Å². The summed E-state index contributed by atoms with van der Waals surface area (Å²) in [7, 11) is 0. The van der Waals surface area contributed by atoms with E-state index in [2.05, 4.69) is 31.0 Å². The second-order valence-corrected chi connectivity index (χ2v) is 4.96. The van der Waals surface area contributed by atoms with Crippen LogP contribution in [0.3, 0.4) is 0 Å². The van der Waals surface area contributed by atoms with E-state index < -0.39 is 12.0 Å². The first kappa shape index (κ1) is 12.6. The third-order valence-electron chi connectivity index (χ3n) is 2.45. The van der Waals surface area contributed by atoms with Crippen molar-refractivity contribution < 1.29 is 13.2 Å². The van der Waals surface area contributed by atoms with Gasteiger partial charge in [-0.3, -0.25) is 0 Å². The van der Waals surface area contributed by atoms with Crippen LogP contribution in [0.5, 0.6) is 0 Å². The van der Waals surface area contributed by atoms with Crippen molar-refractivity contribution in [2.24, 2.45) is 0 Å². The molecule has 4 nitrogen and oxygen atoms in total. The fourth-order valence-corrected chi connectivity index (χ4v) is 2.23. The van der Waals surface area contributed by atoms with Crippen LogP contribution in [-0.2, 0) is 6.18 Å². The quantitative estimate of drug-likeness (QED) is 0.580. The fraction of sp³-hybridized carbons (Fsp3) is 0.100. The first-order valence-electron chi connectivity index (χ1n) is 4.95. The van der Waals surface area contributed by atoms with Gasteiger partial charge in [-0.15, -0.1) is 5.10 Å². The Bertz CT molecular complexity index is 799. The molecule has 0 spiro atoms. The molecule has 0 saturated carbocycles. The van der Waals surface area contributed by atoms with Crippen molar-refractivity contribution in [3.8, 4) is 0 Å². The van der Waals surface area contributed by atoms with Crippen LogP contribution in [-0.4, -0.2) is 19.6 Å². The number of alkyl halides is 3. The second kappa shape index (κ2) is 4.04. The van der Waals surface area contributed by atoms with Crippen LogP contribution < -0.4 is 0 Å². The van der Waals surface area contributed by atoms with Crippen LogP contribution in [0, 0.1) is 0 Å². The van der Waals surface area contributed by atoms with E-state index in [-0.39, 0.29) is 10.9 Å². The summed E-state index contributed by atoms with van der Waals surface area (Å²) < 4.78 is 39.5. The molecule has 0 aliphatic heterocycles. The summed E-state index contributed by atoms with van der Waals surface area (Å²) >= 11 is 9.07. The highest BCUT2D eigenvalue weighted by Crippen LogP contribution is 2.29. The van der Waals surface area contributed by atoms with E-state index in [0.717, 1.165) is 8.99 Å². The Morgan fingerprint density at radius 3 is 2.63 bits per heavy atom. The minimum atomic E-state index is -4.63. The molecule has 0 aliphatic rings. The molecule has 0 unspecified atom stereocenters. The second-order valence-electron chi connectivity index (χ2n) is 3.71. The van der Waals surface area contributed by atoms with E-state index in [1.807, 2.05) is 0 Å². The van der Waals surface area contributed by atoms with E-state index in [0.29, 0.717) is 10.9 Å². The molecule has 0 amide bonds. The van der Waals surface area contributed by atoms with Gasteiger partial charge in [0.1, 0.15) is 0 Å². The molecular formula is C10H3BrClF3N4. The molecule has 9 heteroatoms. The van der Waals surface area contributed by atoms with Crippen LogP contribution >= 0.6 is 27.5 Å². The Labute approximate surface area is 117 Å². The van der Waals surface area contributed by atoms with Crippen molar-refractivity contribution in [1.82, 2.24) is 19.6 Å². The number of halogens is 5. The average molecular weight is 352 g/mol. The van der Waals surface area contributed by atoms with Crippen molar-refractivity contribution in [3.63, 3.8) is 0 Å². The lowest BCUT2D eigenvalue weighted by atomic mass is 10.2. The SMILES string of the molecule is FC(F)(F)c1nc2c3ccc(Br)cc3nc(Cl)n2n1. The number of benzene rings is 1. The minimum Gasteiger partial charge on any atom is -0.218 e. The highest BCUT2D eigenvalue weighted by Gasteiger charge is 2.36. The Morgan fingerprint density at radius 2 is 1.95 bits per heavy atom. The maximum absolute atomic E-state index is 12.6. The van der Waals surface area contributed by atoms with Gasteiger partial charge in [-0.25, -0.2) is 9.97 Å². The lowest BCUT2D eigenvalue weighted by Crippen LogP contribution is -2.07. The Morgan fingerprint density at radius 1 is 1.21 bits per heavy atom. The predicted molar refractivity (Wildman–Crippen MR) is 66.0 cm³/mol. The van der Waals surface area contributed by atoms with Crippen molar-refractivity contribution in [2.45, 2.75) is 6.18 Å². The number of hydrogen-bond acceptors (Lipinski definition) is 3. The molecule has 19 heavy (non-hydrogen) atoms. The number of fused-ring (bicyclic) bond motifs is 3. The van der Waals surface area contributed by atoms with Gasteiger partial charge in [0, 0.05) is 9.86 Å². The monoisotopic (exact) mass is 350 g/mol. The van der Waals surface area contributed by atoms with Crippen LogP contribution in [0.15, 0.2) is 22.7 Å². The van der Waals surface area contributed by atoms with Crippen LogP contribution in [0.1, 0.15) is 5.82 Å². The van der Waals surface area contributed by atoms with Crippen LogP contribution in [0.4, 0.5) is 13.2 Å². The highest BCUT2D eigenvalue weighted by atomic mass is 79.9. The minimum absolute atomic E-state index is 0.0230. The van der Waals surface area contributed by atoms with Gasteiger partial charge in [-0.2, -0.15) is 17.7 Å². The average Bonchev–Trinajstić information content (AvgIpc) is 2.73. The molecule has 0 bridgehead atoms. The van der Waals surface area contributed by atoms with Crippen LogP contribution in [0.2, 0.25) is 5.28 Å². The topological polar surface area (TPSA) is 43.1 Å². The van der Waals surface area contributed by atoms with Gasteiger partial charge in [-0.05, 0) is 29.8 Å². The van der Waals surface area contributed by atoms with Gasteiger partial charge >= 0.3 is 6.18 Å². The molecule has 98 valence electrons. The Kier molecular flexibility index (Phi) is 2.68. The molecule has 0 atom stereocenters. The summed E-state index contributed by atoms with van der Waals surface area (Å²) in [6.45, 7) is 0. The number of hydrogen-bond donors (Lipinski definition) is 0. The zero-order valence-corrected chi connectivity index (χ0v) is 11.3. The molecular weight excluding hydrogens is 348 g/mol. The fourth-order valence-electron chi connectivity index (χ4n) is 1.67. The molecule has 3 aromatic rings. The largest absolute Gasteiger partial charge is 0.453 e. The normalized spacial score (nSPS) is 12.5. The zero-order chi connectivity index (χ0) is 13.8. The molecule has 0 radical (unpaired) electrons. The lowest BCUT2D eigenvalue weighted by molar-refractivity contribution is -0.144. The van der Waals surface area contributed by atoms with E-state index in [9.17, 15) is 13.2 Å². The van der Waals surface area contributed by atoms with Crippen molar-refractivity contribution in [3.05, 3.63) is 33.8 Å². The van der Waals surface area contributed by atoms with Gasteiger partial charge in [-0.1, -0.05) is 15.9 Å². The summed E-state index contributed by atoms with van der Waals surface area (Å²) in [4.78, 5) is 7.48.